The van der Waals surface area contributed by atoms with Gasteiger partial charge in [-0.05, 0) is 6.42 Å². The van der Waals surface area contributed by atoms with Crippen LogP contribution in [-0.2, 0) is 35.0 Å². The maximum Gasteiger partial charge on any atom is 0.254 e. The van der Waals surface area contributed by atoms with E-state index in [9.17, 15) is 0 Å². The minimum absolute atomic E-state index is 1.15. The van der Waals surface area contributed by atoms with Gasteiger partial charge in [-0.15, -0.1) is 0 Å². The first-order valence-corrected chi connectivity index (χ1v) is 7.58. The van der Waals surface area contributed by atoms with E-state index in [0.29, 0.717) is 0 Å². The molecule has 9 nitrogen and oxygen atoms in total. The number of imidazole rings is 1. The molecule has 0 bridgehead atoms. The molecular formula is C8H18N2O7S2. The van der Waals surface area contributed by atoms with Crippen LogP contribution in [-0.4, -0.2) is 35.1 Å². The topological polar surface area (TPSA) is 141 Å². The van der Waals surface area contributed by atoms with Crippen molar-refractivity contribution in [1.82, 2.24) is 4.57 Å². The molecule has 2 N–H and O–H groups in total. The number of unbranched alkanes of at least 4 members (excludes halogenated alkanes) is 1. The van der Waals surface area contributed by atoms with E-state index in [-0.39, 0.29) is 0 Å². The summed E-state index contributed by atoms with van der Waals surface area (Å²) in [6.45, 7) is 3.36. The average molecular weight is 318 g/mol. The van der Waals surface area contributed by atoms with Crippen molar-refractivity contribution in [1.29, 1.82) is 0 Å². The molecule has 1 rings (SSSR count). The predicted octanol–water partition coefficient (Wildman–Crippen LogP) is -0.812. The maximum absolute atomic E-state index is 8.63. The fraction of sp³-hybridized carbons (Fsp3) is 0.625. The molecule has 0 aliphatic carbocycles. The molecule has 0 aliphatic rings. The van der Waals surface area contributed by atoms with Gasteiger partial charge in [-0.25, -0.2) is 26.0 Å². The molecule has 0 aliphatic heterocycles. The molecule has 1 aromatic rings. The second-order valence-electron chi connectivity index (χ2n) is 3.34. The molecule has 0 fully saturated rings. The lowest BCUT2D eigenvalue weighted by Gasteiger charge is -1.90. The number of aromatic nitrogens is 2. The van der Waals surface area contributed by atoms with E-state index in [1.54, 1.807) is 0 Å². The Morgan fingerprint density at radius 3 is 2.11 bits per heavy atom. The standard InChI is InChI=1S/C8H15N2.H2O4S.H2O3S/c1-3-4-5-10-7-6-9(2)8-10;1-5(2,3)4;1-4(2)3/h6-8H,3-5H2,1-2H3;(H2,1,2,3,4);4H,(H,1,2,3)/q+1;;/p-1. The summed E-state index contributed by atoms with van der Waals surface area (Å²) in [5.74, 6) is 0. The van der Waals surface area contributed by atoms with Crippen LogP contribution >= 0.6 is 0 Å². The summed E-state index contributed by atoms with van der Waals surface area (Å²) in [7, 11) is -5.99. The minimum Gasteiger partial charge on any atom is -0.726 e. The molecule has 0 aromatic carbocycles. The van der Waals surface area contributed by atoms with Crippen LogP contribution in [0.15, 0.2) is 18.7 Å². The van der Waals surface area contributed by atoms with Crippen molar-refractivity contribution in [2.24, 2.45) is 7.05 Å². The van der Waals surface area contributed by atoms with Crippen LogP contribution in [0.2, 0.25) is 0 Å². The quantitative estimate of drug-likeness (QED) is 0.286. The fourth-order valence-electron chi connectivity index (χ4n) is 0.975. The Labute approximate surface area is 113 Å². The minimum atomic E-state index is -4.92. The first-order valence-electron chi connectivity index (χ1n) is 5.08. The normalized spacial score (nSPS) is 10.2. The highest BCUT2D eigenvalue weighted by molar-refractivity contribution is 7.79. The van der Waals surface area contributed by atoms with Gasteiger partial charge in [-0.1, -0.05) is 13.3 Å². The molecule has 19 heavy (non-hydrogen) atoms. The summed E-state index contributed by atoms with van der Waals surface area (Å²) in [4.78, 5) is 0. The fourth-order valence-corrected chi connectivity index (χ4v) is 0.975. The lowest BCUT2D eigenvalue weighted by atomic mass is 10.3. The molecule has 0 radical (unpaired) electrons. The van der Waals surface area contributed by atoms with Crippen LogP contribution in [0.5, 0.6) is 0 Å². The number of hydrogen-bond donors (Lipinski definition) is 3. The lowest BCUT2D eigenvalue weighted by Crippen LogP contribution is -2.30. The van der Waals surface area contributed by atoms with Crippen molar-refractivity contribution >= 4 is 21.4 Å². The van der Waals surface area contributed by atoms with Crippen LogP contribution in [0.3, 0.4) is 0 Å². The predicted molar refractivity (Wildman–Crippen MR) is 65.8 cm³/mol. The molecule has 11 heteroatoms. The van der Waals surface area contributed by atoms with E-state index < -0.39 is 21.4 Å². The van der Waals surface area contributed by atoms with E-state index in [0.717, 1.165) is 6.54 Å². The van der Waals surface area contributed by atoms with Gasteiger partial charge >= 0.3 is 0 Å². The van der Waals surface area contributed by atoms with Crippen molar-refractivity contribution in [2.75, 3.05) is 0 Å². The van der Waals surface area contributed by atoms with Crippen molar-refractivity contribution in [3.63, 3.8) is 0 Å². The molecule has 0 amide bonds. The molecule has 1 aromatic heterocycles. The second kappa shape index (κ2) is 10.9. The molecule has 0 atom stereocenters. The van der Waals surface area contributed by atoms with Gasteiger partial charge in [0.15, 0.2) is 0 Å². The van der Waals surface area contributed by atoms with Gasteiger partial charge in [-0.3, -0.25) is 9.11 Å². The van der Waals surface area contributed by atoms with Gasteiger partial charge in [0.1, 0.15) is 12.4 Å². The zero-order valence-corrected chi connectivity index (χ0v) is 12.2. The highest BCUT2D eigenvalue weighted by Crippen LogP contribution is 1.85. The van der Waals surface area contributed by atoms with E-state index in [2.05, 4.69) is 34.8 Å². The van der Waals surface area contributed by atoms with Crippen LogP contribution in [0.25, 0.3) is 0 Å². The van der Waals surface area contributed by atoms with E-state index >= 15 is 0 Å². The third-order valence-electron chi connectivity index (χ3n) is 1.59. The Kier molecular flexibility index (Phi) is 11.6. The molecule has 0 spiro atoms. The summed E-state index contributed by atoms with van der Waals surface area (Å²) < 4.78 is 61.3. The summed E-state index contributed by atoms with van der Waals surface area (Å²) in [6, 6.07) is 0. The SMILES string of the molecule is CCCC[n+]1ccn(C)c1.O=S(=O)([O-])O.O=[SH](=O)O. The Morgan fingerprint density at radius 1 is 1.42 bits per heavy atom. The van der Waals surface area contributed by atoms with Crippen LogP contribution in [0.1, 0.15) is 19.8 Å². The van der Waals surface area contributed by atoms with Gasteiger partial charge < -0.3 is 4.55 Å². The van der Waals surface area contributed by atoms with Crippen molar-refractivity contribution in [2.45, 2.75) is 26.3 Å². The number of nitrogens with zero attached hydrogens (tertiary/aromatic N) is 2. The van der Waals surface area contributed by atoms with Gasteiger partial charge in [0.25, 0.3) is 11.0 Å². The average Bonchev–Trinajstić information content (AvgIpc) is 2.57. The largest absolute Gasteiger partial charge is 0.726 e. The van der Waals surface area contributed by atoms with Crippen molar-refractivity contribution in [3.8, 4) is 0 Å². The Morgan fingerprint density at radius 2 is 1.84 bits per heavy atom. The number of hydrogen-bond acceptors (Lipinski definition) is 5. The molecule has 0 saturated carbocycles. The summed E-state index contributed by atoms with van der Waals surface area (Å²) in [5, 5.41) is 0. The molecule has 0 unspecified atom stereocenters. The van der Waals surface area contributed by atoms with Crippen LogP contribution in [0, 0.1) is 0 Å². The summed E-state index contributed by atoms with van der Waals surface area (Å²) in [5.41, 5.74) is 0. The first-order chi connectivity index (χ1) is 8.56. The third-order valence-corrected chi connectivity index (χ3v) is 1.59. The van der Waals surface area contributed by atoms with Crippen LogP contribution < -0.4 is 4.57 Å². The smallest absolute Gasteiger partial charge is 0.254 e. The number of thiol groups is 1. The zero-order valence-electron chi connectivity index (χ0n) is 10.5. The first kappa shape index (κ1) is 20.3. The molecular weight excluding hydrogens is 300 g/mol. The molecule has 1 heterocycles. The third kappa shape index (κ3) is 26.6. The van der Waals surface area contributed by atoms with Crippen LogP contribution in [0.4, 0.5) is 0 Å². The highest BCUT2D eigenvalue weighted by atomic mass is 32.3. The van der Waals surface area contributed by atoms with E-state index in [1.165, 1.54) is 12.8 Å². The monoisotopic (exact) mass is 318 g/mol. The summed E-state index contributed by atoms with van der Waals surface area (Å²) in [6.07, 6.45) is 8.82. The van der Waals surface area contributed by atoms with Gasteiger partial charge in [-0.2, -0.15) is 0 Å². The molecule has 114 valence electrons. The summed E-state index contributed by atoms with van der Waals surface area (Å²) >= 11 is 0. The lowest BCUT2D eigenvalue weighted by molar-refractivity contribution is -0.696. The second-order valence-corrected chi connectivity index (χ2v) is 4.67. The van der Waals surface area contributed by atoms with Crippen molar-refractivity contribution in [3.05, 3.63) is 18.7 Å². The Hall–Kier alpha value is -1.01. The highest BCUT2D eigenvalue weighted by Gasteiger charge is 1.96. The van der Waals surface area contributed by atoms with E-state index in [4.69, 9.17) is 30.5 Å². The van der Waals surface area contributed by atoms with Gasteiger partial charge in [0, 0.05) is 0 Å². The Bertz CT molecular complexity index is 491. The zero-order chi connectivity index (χ0) is 15.5. The number of aryl methyl sites for hydroxylation is 2. The Balaban J connectivity index is 0. The van der Waals surface area contributed by atoms with Gasteiger partial charge in [0.05, 0.1) is 13.6 Å². The number of rotatable bonds is 3. The van der Waals surface area contributed by atoms with Gasteiger partial charge in [0.2, 0.25) is 16.7 Å². The van der Waals surface area contributed by atoms with Crippen molar-refractivity contribution < 1.29 is 35.1 Å². The molecule has 0 saturated heterocycles. The maximum atomic E-state index is 8.63. The van der Waals surface area contributed by atoms with E-state index in [1.807, 2.05) is 7.05 Å².